The molecular weight excluding hydrogens is 168 g/mol. The molecular formula is C10H12OS. The lowest BCUT2D eigenvalue weighted by atomic mass is 10.0. The summed E-state index contributed by atoms with van der Waals surface area (Å²) in [6.45, 7) is 3.97. The Kier molecular flexibility index (Phi) is 2.93. The number of carbonyl (C=O) groups is 1. The number of thiol groups is 1. The van der Waals surface area contributed by atoms with Crippen LogP contribution in [0, 0.1) is 6.92 Å². The van der Waals surface area contributed by atoms with Gasteiger partial charge >= 0.3 is 0 Å². The fourth-order valence-electron chi connectivity index (χ4n) is 1.33. The number of hydrogen-bond acceptors (Lipinski definition) is 1. The number of hydrogen-bond donors (Lipinski definition) is 1. The molecule has 0 radical (unpaired) electrons. The molecule has 1 nitrogen and oxygen atoms in total. The SMILES string of the molecule is CCc1cccc(C)c1C(=O)S. The summed E-state index contributed by atoms with van der Waals surface area (Å²) >= 11 is 3.84. The van der Waals surface area contributed by atoms with Gasteiger partial charge in [-0.1, -0.05) is 25.1 Å². The van der Waals surface area contributed by atoms with Gasteiger partial charge in [-0.15, -0.1) is 12.6 Å². The minimum atomic E-state index is -0.134. The highest BCUT2D eigenvalue weighted by atomic mass is 32.1. The summed E-state index contributed by atoms with van der Waals surface area (Å²) in [5.74, 6) is 0. The summed E-state index contributed by atoms with van der Waals surface area (Å²) in [5, 5.41) is -0.134. The van der Waals surface area contributed by atoms with E-state index in [9.17, 15) is 4.79 Å². The molecule has 0 saturated carbocycles. The topological polar surface area (TPSA) is 17.1 Å². The predicted octanol–water partition coefficient (Wildman–Crippen LogP) is 2.63. The van der Waals surface area contributed by atoms with Gasteiger partial charge in [0.25, 0.3) is 0 Å². The van der Waals surface area contributed by atoms with E-state index in [-0.39, 0.29) is 5.12 Å². The van der Waals surface area contributed by atoms with Crippen LogP contribution >= 0.6 is 12.6 Å². The molecule has 0 aliphatic rings. The van der Waals surface area contributed by atoms with Crippen LogP contribution in [-0.4, -0.2) is 5.12 Å². The van der Waals surface area contributed by atoms with Crippen LogP contribution in [0.4, 0.5) is 0 Å². The van der Waals surface area contributed by atoms with Gasteiger partial charge in [0.1, 0.15) is 0 Å². The van der Waals surface area contributed by atoms with E-state index in [0.717, 1.165) is 23.1 Å². The molecule has 0 fully saturated rings. The summed E-state index contributed by atoms with van der Waals surface area (Å²) in [4.78, 5) is 11.1. The van der Waals surface area contributed by atoms with Crippen molar-refractivity contribution in [2.45, 2.75) is 20.3 Å². The largest absolute Gasteiger partial charge is 0.282 e. The van der Waals surface area contributed by atoms with Gasteiger partial charge in [-0.25, -0.2) is 0 Å². The number of rotatable bonds is 2. The average molecular weight is 180 g/mol. The van der Waals surface area contributed by atoms with Crippen molar-refractivity contribution < 1.29 is 4.79 Å². The average Bonchev–Trinajstić information content (AvgIpc) is 2.03. The van der Waals surface area contributed by atoms with Gasteiger partial charge in [0.15, 0.2) is 0 Å². The second kappa shape index (κ2) is 3.76. The van der Waals surface area contributed by atoms with Crippen LogP contribution in [0.5, 0.6) is 0 Å². The van der Waals surface area contributed by atoms with Crippen molar-refractivity contribution in [1.82, 2.24) is 0 Å². The van der Waals surface area contributed by atoms with Gasteiger partial charge in [-0.05, 0) is 24.5 Å². The van der Waals surface area contributed by atoms with Crippen LogP contribution in [0.1, 0.15) is 28.4 Å². The van der Waals surface area contributed by atoms with Crippen molar-refractivity contribution >= 4 is 17.7 Å². The summed E-state index contributed by atoms with van der Waals surface area (Å²) in [7, 11) is 0. The zero-order valence-corrected chi connectivity index (χ0v) is 8.19. The minimum absolute atomic E-state index is 0.134. The van der Waals surface area contributed by atoms with Crippen LogP contribution in [0.3, 0.4) is 0 Å². The van der Waals surface area contributed by atoms with Crippen molar-refractivity contribution in [2.75, 3.05) is 0 Å². The quantitative estimate of drug-likeness (QED) is 0.692. The molecule has 0 amide bonds. The maximum atomic E-state index is 11.1. The van der Waals surface area contributed by atoms with Crippen LogP contribution < -0.4 is 0 Å². The minimum Gasteiger partial charge on any atom is -0.282 e. The molecule has 0 atom stereocenters. The van der Waals surface area contributed by atoms with Gasteiger partial charge < -0.3 is 0 Å². The van der Waals surface area contributed by atoms with Crippen molar-refractivity contribution in [3.63, 3.8) is 0 Å². The highest BCUT2D eigenvalue weighted by Gasteiger charge is 2.08. The van der Waals surface area contributed by atoms with Crippen molar-refractivity contribution in [3.8, 4) is 0 Å². The van der Waals surface area contributed by atoms with E-state index in [1.165, 1.54) is 0 Å². The van der Waals surface area contributed by atoms with Crippen LogP contribution in [0.25, 0.3) is 0 Å². The molecule has 0 bridgehead atoms. The molecule has 1 aromatic carbocycles. The molecule has 12 heavy (non-hydrogen) atoms. The molecule has 0 spiro atoms. The zero-order valence-electron chi connectivity index (χ0n) is 7.29. The molecule has 2 heteroatoms. The Balaban J connectivity index is 3.29. The fourth-order valence-corrected chi connectivity index (χ4v) is 1.65. The third-order valence-electron chi connectivity index (χ3n) is 1.95. The second-order valence-corrected chi connectivity index (χ2v) is 3.17. The predicted molar refractivity (Wildman–Crippen MR) is 53.9 cm³/mol. The van der Waals surface area contributed by atoms with E-state index >= 15 is 0 Å². The lowest BCUT2D eigenvalue weighted by Gasteiger charge is -2.06. The normalized spacial score (nSPS) is 9.92. The van der Waals surface area contributed by atoms with Crippen molar-refractivity contribution in [3.05, 3.63) is 34.9 Å². The number of benzene rings is 1. The van der Waals surface area contributed by atoms with Crippen molar-refractivity contribution in [1.29, 1.82) is 0 Å². The maximum Gasteiger partial charge on any atom is 0.216 e. The van der Waals surface area contributed by atoms with Gasteiger partial charge in [-0.3, -0.25) is 4.79 Å². The first kappa shape index (κ1) is 9.33. The van der Waals surface area contributed by atoms with Crippen LogP contribution in [-0.2, 0) is 6.42 Å². The molecule has 0 aromatic heterocycles. The molecule has 0 unspecified atom stereocenters. The first-order valence-corrected chi connectivity index (χ1v) is 4.43. The Morgan fingerprint density at radius 1 is 1.50 bits per heavy atom. The van der Waals surface area contributed by atoms with E-state index in [2.05, 4.69) is 12.6 Å². The van der Waals surface area contributed by atoms with Crippen LogP contribution in [0.2, 0.25) is 0 Å². The fraction of sp³-hybridized carbons (Fsp3) is 0.300. The van der Waals surface area contributed by atoms with Crippen molar-refractivity contribution in [2.24, 2.45) is 0 Å². The number of carbonyl (C=O) groups excluding carboxylic acids is 1. The third kappa shape index (κ3) is 1.69. The Morgan fingerprint density at radius 2 is 2.17 bits per heavy atom. The van der Waals surface area contributed by atoms with Gasteiger partial charge in [0, 0.05) is 5.56 Å². The molecule has 0 heterocycles. The maximum absolute atomic E-state index is 11.1. The van der Waals surface area contributed by atoms with E-state index in [0.29, 0.717) is 0 Å². The first-order valence-electron chi connectivity index (χ1n) is 3.98. The summed E-state index contributed by atoms with van der Waals surface area (Å²) in [6.07, 6.45) is 0.878. The third-order valence-corrected chi connectivity index (χ3v) is 2.18. The van der Waals surface area contributed by atoms with E-state index in [4.69, 9.17) is 0 Å². The molecule has 1 rings (SSSR count). The Bertz CT molecular complexity index is 305. The lowest BCUT2D eigenvalue weighted by Crippen LogP contribution is -1.99. The smallest absolute Gasteiger partial charge is 0.216 e. The monoisotopic (exact) mass is 180 g/mol. The molecule has 0 N–H and O–H groups in total. The van der Waals surface area contributed by atoms with E-state index in [1.807, 2.05) is 32.0 Å². The first-order chi connectivity index (χ1) is 5.66. The standard InChI is InChI=1S/C10H12OS/c1-3-8-6-4-5-7(2)9(8)10(11)12/h4-6H,3H2,1-2H3,(H,11,12). The second-order valence-electron chi connectivity index (χ2n) is 2.77. The molecule has 1 aromatic rings. The highest BCUT2D eigenvalue weighted by molar-refractivity contribution is 7.97. The van der Waals surface area contributed by atoms with Crippen LogP contribution in [0.15, 0.2) is 18.2 Å². The Hall–Kier alpha value is -0.760. The lowest BCUT2D eigenvalue weighted by molar-refractivity contribution is 0.109. The highest BCUT2D eigenvalue weighted by Crippen LogP contribution is 2.16. The van der Waals surface area contributed by atoms with E-state index < -0.39 is 0 Å². The van der Waals surface area contributed by atoms with Gasteiger partial charge in [0.05, 0.1) is 0 Å². The Labute approximate surface area is 78.2 Å². The number of aryl methyl sites for hydroxylation is 2. The van der Waals surface area contributed by atoms with E-state index in [1.54, 1.807) is 0 Å². The Morgan fingerprint density at radius 3 is 2.58 bits per heavy atom. The van der Waals surface area contributed by atoms with Gasteiger partial charge in [-0.2, -0.15) is 0 Å². The molecule has 0 aliphatic heterocycles. The summed E-state index contributed by atoms with van der Waals surface area (Å²) in [5.41, 5.74) is 2.85. The summed E-state index contributed by atoms with van der Waals surface area (Å²) < 4.78 is 0. The zero-order chi connectivity index (χ0) is 9.14. The molecule has 0 saturated heterocycles. The molecule has 0 aliphatic carbocycles. The summed E-state index contributed by atoms with van der Waals surface area (Å²) in [6, 6.07) is 5.87. The molecule has 64 valence electrons. The van der Waals surface area contributed by atoms with Gasteiger partial charge in [0.2, 0.25) is 5.12 Å².